The van der Waals surface area contributed by atoms with Crippen LogP contribution in [0.4, 0.5) is 10.1 Å². The lowest BCUT2D eigenvalue weighted by Gasteiger charge is -2.47. The maximum absolute atomic E-state index is 13.3. The lowest BCUT2D eigenvalue weighted by molar-refractivity contribution is -0.123. The Hall–Kier alpha value is -3.39. The number of phenolic OH excluding ortho intramolecular Hbond substituents is 1. The van der Waals surface area contributed by atoms with Crippen molar-refractivity contribution in [3.8, 4) is 16.9 Å². The first-order chi connectivity index (χ1) is 17.4. The normalized spacial score (nSPS) is 18.1. The van der Waals surface area contributed by atoms with Crippen LogP contribution in [-0.2, 0) is 4.79 Å². The SMILES string of the molecule is O=C1[C@H](SC[C@H](O)c2ccc(F)cc2)[C@@H](c2ccc(O)cc2)N1c1ccc(-c2ccncc2Cl)cc1. The topological polar surface area (TPSA) is 73.7 Å². The Morgan fingerprint density at radius 2 is 1.69 bits per heavy atom. The number of aromatic nitrogens is 1. The van der Waals surface area contributed by atoms with Crippen LogP contribution in [0.5, 0.6) is 5.75 Å². The van der Waals surface area contributed by atoms with Crippen LogP contribution < -0.4 is 4.90 Å². The minimum absolute atomic E-state index is 0.0703. The number of nitrogens with zero attached hydrogens (tertiary/aromatic N) is 2. The molecule has 36 heavy (non-hydrogen) atoms. The summed E-state index contributed by atoms with van der Waals surface area (Å²) in [6, 6.07) is 21.6. The lowest BCUT2D eigenvalue weighted by Crippen LogP contribution is -2.57. The van der Waals surface area contributed by atoms with Gasteiger partial charge in [0.1, 0.15) is 16.8 Å². The summed E-state index contributed by atoms with van der Waals surface area (Å²) in [6.07, 6.45) is 2.44. The van der Waals surface area contributed by atoms with Gasteiger partial charge in [0.2, 0.25) is 5.91 Å². The molecule has 1 saturated heterocycles. The number of benzene rings is 3. The number of β-lactam (4-membered cyclic amide) rings is 1. The molecule has 5 nitrogen and oxygen atoms in total. The second-order valence-corrected chi connectivity index (χ2v) is 10.1. The van der Waals surface area contributed by atoms with Crippen molar-refractivity contribution in [2.24, 2.45) is 0 Å². The summed E-state index contributed by atoms with van der Waals surface area (Å²) in [7, 11) is 0. The van der Waals surface area contributed by atoms with E-state index in [0.29, 0.717) is 10.6 Å². The number of pyridine rings is 1. The molecule has 0 aliphatic carbocycles. The lowest BCUT2D eigenvalue weighted by atomic mass is 9.92. The van der Waals surface area contributed by atoms with E-state index in [2.05, 4.69) is 4.98 Å². The minimum atomic E-state index is -0.831. The molecule has 1 aliphatic heterocycles. The number of aliphatic hydroxyl groups is 1. The molecule has 1 amide bonds. The fourth-order valence-electron chi connectivity index (χ4n) is 4.29. The molecule has 1 aromatic heterocycles. The van der Waals surface area contributed by atoms with Crippen LogP contribution in [0.25, 0.3) is 11.1 Å². The standard InChI is InChI=1S/C28H22ClFN2O3S/c29-24-15-31-14-13-23(24)17-3-9-21(10-4-17)32-26(19-5-11-22(33)12-6-19)27(28(32)35)36-16-25(34)18-1-7-20(30)8-2-18/h1-15,25-27,33-34H,16H2/t25-,26+,27+/m0/s1. The number of thioether (sulfide) groups is 1. The Kier molecular flexibility index (Phi) is 6.96. The Morgan fingerprint density at radius 1 is 1.00 bits per heavy atom. The molecule has 5 rings (SSSR count). The van der Waals surface area contributed by atoms with Gasteiger partial charge in [-0.15, -0.1) is 11.8 Å². The average molecular weight is 521 g/mol. The number of carbonyl (C=O) groups is 1. The van der Waals surface area contributed by atoms with Gasteiger partial charge in [0, 0.05) is 29.4 Å². The number of hydrogen-bond donors (Lipinski definition) is 2. The largest absolute Gasteiger partial charge is 0.508 e. The van der Waals surface area contributed by atoms with Crippen molar-refractivity contribution in [1.82, 2.24) is 4.98 Å². The molecule has 0 radical (unpaired) electrons. The van der Waals surface area contributed by atoms with Crippen molar-refractivity contribution in [1.29, 1.82) is 0 Å². The predicted molar refractivity (Wildman–Crippen MR) is 141 cm³/mol. The van der Waals surface area contributed by atoms with Crippen LogP contribution in [-0.4, -0.2) is 32.1 Å². The van der Waals surface area contributed by atoms with Gasteiger partial charge in [-0.3, -0.25) is 9.78 Å². The monoisotopic (exact) mass is 520 g/mol. The number of phenols is 1. The molecule has 0 spiro atoms. The second kappa shape index (κ2) is 10.3. The summed E-state index contributed by atoms with van der Waals surface area (Å²) in [6.45, 7) is 0. The third-order valence-electron chi connectivity index (χ3n) is 6.20. The fourth-order valence-corrected chi connectivity index (χ4v) is 5.82. The molecule has 182 valence electrons. The van der Waals surface area contributed by atoms with E-state index in [1.54, 1.807) is 53.7 Å². The van der Waals surface area contributed by atoms with Gasteiger partial charge in [0.25, 0.3) is 0 Å². The average Bonchev–Trinajstić information content (AvgIpc) is 2.89. The van der Waals surface area contributed by atoms with Crippen LogP contribution in [0.3, 0.4) is 0 Å². The molecule has 1 fully saturated rings. The number of aromatic hydroxyl groups is 1. The molecule has 0 bridgehead atoms. The first-order valence-corrected chi connectivity index (χ1v) is 12.7. The van der Waals surface area contributed by atoms with E-state index in [9.17, 15) is 19.4 Å². The molecule has 3 aromatic carbocycles. The zero-order chi connectivity index (χ0) is 25.2. The highest BCUT2D eigenvalue weighted by atomic mass is 35.5. The van der Waals surface area contributed by atoms with Crippen LogP contribution in [0.1, 0.15) is 23.3 Å². The highest BCUT2D eigenvalue weighted by molar-refractivity contribution is 8.00. The van der Waals surface area contributed by atoms with Crippen molar-refractivity contribution < 1.29 is 19.4 Å². The third kappa shape index (κ3) is 4.82. The third-order valence-corrected chi connectivity index (χ3v) is 7.83. The maximum Gasteiger partial charge on any atom is 0.243 e. The van der Waals surface area contributed by atoms with Crippen LogP contribution in [0, 0.1) is 5.82 Å². The maximum atomic E-state index is 13.3. The molecular formula is C28H22ClFN2O3S. The number of anilines is 1. The van der Waals surface area contributed by atoms with Gasteiger partial charge in [0.15, 0.2) is 0 Å². The zero-order valence-corrected chi connectivity index (χ0v) is 20.5. The molecule has 8 heteroatoms. The molecule has 1 aliphatic rings. The summed E-state index contributed by atoms with van der Waals surface area (Å²) in [5.41, 5.74) is 3.98. The minimum Gasteiger partial charge on any atom is -0.508 e. The van der Waals surface area contributed by atoms with E-state index in [0.717, 1.165) is 22.4 Å². The summed E-state index contributed by atoms with van der Waals surface area (Å²) in [4.78, 5) is 19.1. The van der Waals surface area contributed by atoms with Gasteiger partial charge in [-0.25, -0.2) is 4.39 Å². The van der Waals surface area contributed by atoms with Crippen molar-refractivity contribution in [3.63, 3.8) is 0 Å². The van der Waals surface area contributed by atoms with E-state index in [1.807, 2.05) is 30.3 Å². The zero-order valence-electron chi connectivity index (χ0n) is 19.0. The molecule has 2 N–H and O–H groups in total. The first-order valence-electron chi connectivity index (χ1n) is 11.3. The van der Waals surface area contributed by atoms with Crippen molar-refractivity contribution in [2.45, 2.75) is 17.4 Å². The van der Waals surface area contributed by atoms with Gasteiger partial charge < -0.3 is 15.1 Å². The summed E-state index contributed by atoms with van der Waals surface area (Å²) in [5, 5.41) is 20.5. The smallest absolute Gasteiger partial charge is 0.243 e. The van der Waals surface area contributed by atoms with Crippen LogP contribution in [0.15, 0.2) is 91.3 Å². The summed E-state index contributed by atoms with van der Waals surface area (Å²) < 4.78 is 13.2. The van der Waals surface area contributed by atoms with Gasteiger partial charge >= 0.3 is 0 Å². The number of carbonyl (C=O) groups excluding carboxylic acids is 1. The fraction of sp³-hybridized carbons (Fsp3) is 0.143. The van der Waals surface area contributed by atoms with Gasteiger partial charge in [0.05, 0.1) is 17.2 Å². The quantitative estimate of drug-likeness (QED) is 0.285. The van der Waals surface area contributed by atoms with Crippen molar-refractivity contribution >= 4 is 35.0 Å². The van der Waals surface area contributed by atoms with Gasteiger partial charge in [-0.05, 0) is 59.2 Å². The Labute approximate surface area is 217 Å². The number of halogens is 2. The van der Waals surface area contributed by atoms with E-state index in [4.69, 9.17) is 11.6 Å². The highest BCUT2D eigenvalue weighted by Crippen LogP contribution is 2.46. The molecular weight excluding hydrogens is 499 g/mol. The first kappa shape index (κ1) is 24.3. The predicted octanol–water partition coefficient (Wildman–Crippen LogP) is 6.17. The molecule has 3 atom stereocenters. The van der Waals surface area contributed by atoms with Crippen LogP contribution in [0.2, 0.25) is 5.02 Å². The van der Waals surface area contributed by atoms with E-state index < -0.39 is 11.4 Å². The van der Waals surface area contributed by atoms with E-state index >= 15 is 0 Å². The number of amides is 1. The summed E-state index contributed by atoms with van der Waals surface area (Å²) >= 11 is 7.64. The van der Waals surface area contributed by atoms with E-state index in [-0.39, 0.29) is 29.3 Å². The highest BCUT2D eigenvalue weighted by Gasteiger charge is 2.49. The van der Waals surface area contributed by atoms with Gasteiger partial charge in [-0.2, -0.15) is 0 Å². The Morgan fingerprint density at radius 3 is 2.36 bits per heavy atom. The number of hydrogen-bond acceptors (Lipinski definition) is 5. The van der Waals surface area contributed by atoms with Crippen molar-refractivity contribution in [2.75, 3.05) is 10.7 Å². The van der Waals surface area contributed by atoms with Crippen molar-refractivity contribution in [3.05, 3.63) is 113 Å². The molecule has 0 unspecified atom stereocenters. The van der Waals surface area contributed by atoms with Crippen LogP contribution >= 0.6 is 23.4 Å². The second-order valence-electron chi connectivity index (χ2n) is 8.47. The molecule has 0 saturated carbocycles. The Balaban J connectivity index is 1.38. The number of rotatable bonds is 7. The van der Waals surface area contributed by atoms with E-state index in [1.165, 1.54) is 23.9 Å². The summed E-state index contributed by atoms with van der Waals surface area (Å²) in [5.74, 6) is -0.0122. The number of aliphatic hydroxyl groups excluding tert-OH is 1. The molecule has 2 heterocycles. The molecule has 4 aromatic rings. The van der Waals surface area contributed by atoms with Gasteiger partial charge in [-0.1, -0.05) is 48.0 Å². The Bertz CT molecular complexity index is 1370.